The molecule has 3 heteroatoms. The maximum atomic E-state index is 12.0. The summed E-state index contributed by atoms with van der Waals surface area (Å²) < 4.78 is 0. The summed E-state index contributed by atoms with van der Waals surface area (Å²) in [6, 6.07) is 8.95. The minimum atomic E-state index is 0.170. The minimum absolute atomic E-state index is 0.170. The van der Waals surface area contributed by atoms with Crippen LogP contribution >= 0.6 is 0 Å². The Balaban J connectivity index is 1.80. The predicted molar refractivity (Wildman–Crippen MR) is 78.1 cm³/mol. The van der Waals surface area contributed by atoms with Crippen LogP contribution in [-0.4, -0.2) is 24.5 Å². The SMILES string of the molecule is Cc1ccccc1CCC(=O)N[C@H]1CCCN[C@@H]1C. The van der Waals surface area contributed by atoms with E-state index >= 15 is 0 Å². The quantitative estimate of drug-likeness (QED) is 0.871. The van der Waals surface area contributed by atoms with Crippen molar-refractivity contribution in [3.63, 3.8) is 0 Å². The Labute approximate surface area is 115 Å². The zero-order valence-electron chi connectivity index (χ0n) is 11.9. The molecule has 1 fully saturated rings. The summed E-state index contributed by atoms with van der Waals surface area (Å²) in [6.07, 6.45) is 3.64. The summed E-state index contributed by atoms with van der Waals surface area (Å²) >= 11 is 0. The molecule has 0 aromatic heterocycles. The van der Waals surface area contributed by atoms with Crippen molar-refractivity contribution in [3.8, 4) is 0 Å². The molecule has 2 atom stereocenters. The molecule has 1 aromatic carbocycles. The fraction of sp³-hybridized carbons (Fsp3) is 0.562. The molecule has 0 radical (unpaired) electrons. The number of aryl methyl sites for hydroxylation is 2. The molecule has 1 heterocycles. The first kappa shape index (κ1) is 14.1. The Morgan fingerprint density at radius 3 is 2.95 bits per heavy atom. The third-order valence-electron chi connectivity index (χ3n) is 3.99. The second kappa shape index (κ2) is 6.71. The molecule has 1 saturated heterocycles. The first-order valence-electron chi connectivity index (χ1n) is 7.24. The van der Waals surface area contributed by atoms with Crippen LogP contribution in [0.2, 0.25) is 0 Å². The van der Waals surface area contributed by atoms with Gasteiger partial charge in [0.05, 0.1) is 0 Å². The monoisotopic (exact) mass is 260 g/mol. The van der Waals surface area contributed by atoms with E-state index in [0.717, 1.165) is 25.8 Å². The largest absolute Gasteiger partial charge is 0.352 e. The third-order valence-corrected chi connectivity index (χ3v) is 3.99. The van der Waals surface area contributed by atoms with E-state index in [1.807, 2.05) is 12.1 Å². The molecule has 1 aliphatic rings. The second-order valence-corrected chi connectivity index (χ2v) is 5.49. The van der Waals surface area contributed by atoms with Crippen LogP contribution in [0.25, 0.3) is 0 Å². The summed E-state index contributed by atoms with van der Waals surface area (Å²) in [5.41, 5.74) is 2.54. The van der Waals surface area contributed by atoms with Crippen molar-refractivity contribution in [3.05, 3.63) is 35.4 Å². The van der Waals surface area contributed by atoms with Crippen molar-refractivity contribution in [1.29, 1.82) is 0 Å². The van der Waals surface area contributed by atoms with Gasteiger partial charge in [-0.25, -0.2) is 0 Å². The molecule has 3 nitrogen and oxygen atoms in total. The van der Waals surface area contributed by atoms with Crippen LogP contribution in [0.1, 0.15) is 37.3 Å². The maximum absolute atomic E-state index is 12.0. The second-order valence-electron chi connectivity index (χ2n) is 5.49. The number of nitrogens with one attached hydrogen (secondary N) is 2. The van der Waals surface area contributed by atoms with Gasteiger partial charge in [0, 0.05) is 18.5 Å². The van der Waals surface area contributed by atoms with Crippen LogP contribution in [0, 0.1) is 6.92 Å². The van der Waals surface area contributed by atoms with Gasteiger partial charge in [0.2, 0.25) is 5.91 Å². The zero-order valence-corrected chi connectivity index (χ0v) is 11.9. The molecular weight excluding hydrogens is 236 g/mol. The van der Waals surface area contributed by atoms with Gasteiger partial charge in [0.15, 0.2) is 0 Å². The van der Waals surface area contributed by atoms with Gasteiger partial charge in [-0.1, -0.05) is 24.3 Å². The lowest BCUT2D eigenvalue weighted by Crippen LogP contribution is -2.51. The highest BCUT2D eigenvalue weighted by atomic mass is 16.1. The number of carbonyl (C=O) groups excluding carboxylic acids is 1. The third kappa shape index (κ3) is 4.06. The Morgan fingerprint density at radius 2 is 2.21 bits per heavy atom. The zero-order chi connectivity index (χ0) is 13.7. The molecule has 2 rings (SSSR count). The Kier molecular flexibility index (Phi) is 4.97. The van der Waals surface area contributed by atoms with Crippen LogP contribution < -0.4 is 10.6 Å². The van der Waals surface area contributed by atoms with Crippen LogP contribution in [0.15, 0.2) is 24.3 Å². The average Bonchev–Trinajstić information content (AvgIpc) is 2.40. The Bertz CT molecular complexity index is 431. The van der Waals surface area contributed by atoms with Gasteiger partial charge in [0.1, 0.15) is 0 Å². The fourth-order valence-electron chi connectivity index (χ4n) is 2.66. The van der Waals surface area contributed by atoms with Crippen LogP contribution in [0.3, 0.4) is 0 Å². The van der Waals surface area contributed by atoms with Crippen molar-refractivity contribution in [2.45, 2.75) is 51.6 Å². The molecule has 0 unspecified atom stereocenters. The van der Waals surface area contributed by atoms with E-state index in [-0.39, 0.29) is 11.9 Å². The van der Waals surface area contributed by atoms with Crippen molar-refractivity contribution in [2.75, 3.05) is 6.54 Å². The van der Waals surface area contributed by atoms with Crippen LogP contribution in [0.4, 0.5) is 0 Å². The van der Waals surface area contributed by atoms with Gasteiger partial charge in [-0.15, -0.1) is 0 Å². The lowest BCUT2D eigenvalue weighted by Gasteiger charge is -2.30. The van der Waals surface area contributed by atoms with Crippen molar-refractivity contribution in [1.82, 2.24) is 10.6 Å². The van der Waals surface area contributed by atoms with Crippen LogP contribution in [0.5, 0.6) is 0 Å². The molecular formula is C16H24N2O. The smallest absolute Gasteiger partial charge is 0.220 e. The number of hydrogen-bond acceptors (Lipinski definition) is 2. The molecule has 2 N–H and O–H groups in total. The predicted octanol–water partition coefficient (Wildman–Crippen LogP) is 2.18. The van der Waals surface area contributed by atoms with Crippen molar-refractivity contribution >= 4 is 5.91 Å². The van der Waals surface area contributed by atoms with E-state index in [1.54, 1.807) is 0 Å². The first-order chi connectivity index (χ1) is 9.16. The highest BCUT2D eigenvalue weighted by Gasteiger charge is 2.21. The van der Waals surface area contributed by atoms with Gasteiger partial charge in [0.25, 0.3) is 0 Å². The standard InChI is InChI=1S/C16H24N2O/c1-12-6-3-4-7-14(12)9-10-16(19)18-15-8-5-11-17-13(15)2/h3-4,6-7,13,15,17H,5,8-11H2,1-2H3,(H,18,19)/t13-,15+/m1/s1. The molecule has 0 saturated carbocycles. The minimum Gasteiger partial charge on any atom is -0.352 e. The van der Waals surface area contributed by atoms with Gasteiger partial charge in [-0.2, -0.15) is 0 Å². The molecule has 1 amide bonds. The molecule has 0 aliphatic carbocycles. The topological polar surface area (TPSA) is 41.1 Å². The molecule has 1 aliphatic heterocycles. The highest BCUT2D eigenvalue weighted by Crippen LogP contribution is 2.11. The first-order valence-corrected chi connectivity index (χ1v) is 7.24. The van der Waals surface area contributed by atoms with E-state index in [2.05, 4.69) is 36.6 Å². The van der Waals surface area contributed by atoms with Crippen LogP contribution in [-0.2, 0) is 11.2 Å². The van der Waals surface area contributed by atoms with E-state index in [4.69, 9.17) is 0 Å². The number of benzene rings is 1. The average molecular weight is 260 g/mol. The summed E-state index contributed by atoms with van der Waals surface area (Å²) in [6.45, 7) is 5.31. The normalized spacial score (nSPS) is 23.1. The summed E-state index contributed by atoms with van der Waals surface area (Å²) in [5, 5.41) is 6.56. The number of rotatable bonds is 4. The Hall–Kier alpha value is -1.35. The molecule has 19 heavy (non-hydrogen) atoms. The van der Waals surface area contributed by atoms with Crippen molar-refractivity contribution in [2.24, 2.45) is 0 Å². The van der Waals surface area contributed by atoms with E-state index < -0.39 is 0 Å². The van der Waals surface area contributed by atoms with E-state index in [1.165, 1.54) is 11.1 Å². The molecule has 1 aromatic rings. The van der Waals surface area contributed by atoms with Crippen molar-refractivity contribution < 1.29 is 4.79 Å². The lowest BCUT2D eigenvalue weighted by molar-refractivity contribution is -0.122. The van der Waals surface area contributed by atoms with E-state index in [9.17, 15) is 4.79 Å². The van der Waals surface area contributed by atoms with Gasteiger partial charge in [-0.3, -0.25) is 4.79 Å². The fourth-order valence-corrected chi connectivity index (χ4v) is 2.66. The Morgan fingerprint density at radius 1 is 1.42 bits per heavy atom. The summed E-state index contributed by atoms with van der Waals surface area (Å²) in [7, 11) is 0. The molecule has 104 valence electrons. The summed E-state index contributed by atoms with van der Waals surface area (Å²) in [4.78, 5) is 12.0. The van der Waals surface area contributed by atoms with Gasteiger partial charge < -0.3 is 10.6 Å². The number of amides is 1. The number of carbonyl (C=O) groups is 1. The molecule has 0 spiro atoms. The molecule has 0 bridgehead atoms. The summed E-state index contributed by atoms with van der Waals surface area (Å²) in [5.74, 6) is 0.170. The number of piperidine rings is 1. The lowest BCUT2D eigenvalue weighted by atomic mass is 9.99. The maximum Gasteiger partial charge on any atom is 0.220 e. The number of hydrogen-bond donors (Lipinski definition) is 2. The van der Waals surface area contributed by atoms with Gasteiger partial charge in [-0.05, 0) is 50.8 Å². The van der Waals surface area contributed by atoms with E-state index in [0.29, 0.717) is 12.5 Å². The van der Waals surface area contributed by atoms with Gasteiger partial charge >= 0.3 is 0 Å². The highest BCUT2D eigenvalue weighted by molar-refractivity contribution is 5.76.